The molecule has 2 aliphatic rings. The van der Waals surface area contributed by atoms with Gasteiger partial charge >= 0.3 is 0 Å². The standard InChI is InChI=1S/C20H27F2N5O/c1-16-14-20(23-27(16)17-2-3-18(21)19(22)15-17)26-8-6-24(7-9-26)4-5-25-10-12-28-13-11-25/h2-3,14-15H,4-13H2,1H3. The van der Waals surface area contributed by atoms with Crippen molar-refractivity contribution in [2.24, 2.45) is 0 Å². The number of benzene rings is 1. The third-order valence-corrected chi connectivity index (χ3v) is 5.55. The van der Waals surface area contributed by atoms with Crippen molar-refractivity contribution in [3.05, 3.63) is 41.6 Å². The first kappa shape index (κ1) is 19.3. The maximum atomic E-state index is 13.6. The number of aromatic nitrogens is 2. The van der Waals surface area contributed by atoms with Gasteiger partial charge in [-0.15, -0.1) is 0 Å². The second-order valence-electron chi connectivity index (χ2n) is 7.44. The second-order valence-corrected chi connectivity index (χ2v) is 7.44. The zero-order valence-electron chi connectivity index (χ0n) is 16.3. The molecule has 6 nitrogen and oxygen atoms in total. The van der Waals surface area contributed by atoms with Gasteiger partial charge in [0.1, 0.15) is 0 Å². The minimum absolute atomic E-state index is 0.534. The molecule has 28 heavy (non-hydrogen) atoms. The van der Waals surface area contributed by atoms with Gasteiger partial charge in [-0.05, 0) is 19.1 Å². The van der Waals surface area contributed by atoms with Crippen LogP contribution in [0.1, 0.15) is 5.69 Å². The number of ether oxygens (including phenoxy) is 1. The fourth-order valence-corrected chi connectivity index (χ4v) is 3.80. The van der Waals surface area contributed by atoms with Crippen LogP contribution in [0.15, 0.2) is 24.3 Å². The van der Waals surface area contributed by atoms with Crippen molar-refractivity contribution < 1.29 is 13.5 Å². The number of halogens is 2. The Hall–Kier alpha value is -2.03. The van der Waals surface area contributed by atoms with Crippen LogP contribution in [-0.4, -0.2) is 85.2 Å². The van der Waals surface area contributed by atoms with Gasteiger partial charge in [0.25, 0.3) is 0 Å². The second kappa shape index (κ2) is 8.55. The summed E-state index contributed by atoms with van der Waals surface area (Å²) in [6, 6.07) is 5.87. The maximum absolute atomic E-state index is 13.6. The van der Waals surface area contributed by atoms with Crippen LogP contribution in [0, 0.1) is 18.6 Å². The third-order valence-electron chi connectivity index (χ3n) is 5.55. The highest BCUT2D eigenvalue weighted by Crippen LogP contribution is 2.21. The number of rotatable bonds is 5. The molecule has 1 aromatic heterocycles. The van der Waals surface area contributed by atoms with Gasteiger partial charge in [0, 0.05) is 70.2 Å². The SMILES string of the molecule is Cc1cc(N2CCN(CCN3CCOCC3)CC2)nn1-c1ccc(F)c(F)c1. The van der Waals surface area contributed by atoms with Crippen molar-refractivity contribution in [2.75, 3.05) is 70.5 Å². The van der Waals surface area contributed by atoms with Crippen LogP contribution in [0.2, 0.25) is 0 Å². The topological polar surface area (TPSA) is 36.8 Å². The minimum atomic E-state index is -0.858. The highest BCUT2D eigenvalue weighted by atomic mass is 19.2. The Labute approximate surface area is 164 Å². The molecular formula is C20H27F2N5O. The van der Waals surface area contributed by atoms with Gasteiger partial charge in [-0.1, -0.05) is 0 Å². The van der Waals surface area contributed by atoms with E-state index in [-0.39, 0.29) is 0 Å². The summed E-state index contributed by atoms with van der Waals surface area (Å²) < 4.78 is 33.8. The van der Waals surface area contributed by atoms with Gasteiger partial charge in [-0.3, -0.25) is 9.80 Å². The van der Waals surface area contributed by atoms with Crippen LogP contribution in [0.3, 0.4) is 0 Å². The summed E-state index contributed by atoms with van der Waals surface area (Å²) in [7, 11) is 0. The van der Waals surface area contributed by atoms with Gasteiger partial charge < -0.3 is 9.64 Å². The zero-order valence-corrected chi connectivity index (χ0v) is 16.3. The van der Waals surface area contributed by atoms with Crippen LogP contribution in [0.5, 0.6) is 0 Å². The average Bonchev–Trinajstić information content (AvgIpc) is 3.11. The fourth-order valence-electron chi connectivity index (χ4n) is 3.80. The van der Waals surface area contributed by atoms with E-state index in [1.54, 1.807) is 10.7 Å². The molecule has 0 N–H and O–H groups in total. The van der Waals surface area contributed by atoms with Crippen LogP contribution < -0.4 is 4.90 Å². The van der Waals surface area contributed by atoms with E-state index >= 15 is 0 Å². The lowest BCUT2D eigenvalue weighted by atomic mass is 10.3. The quantitative estimate of drug-likeness (QED) is 0.778. The lowest BCUT2D eigenvalue weighted by Gasteiger charge is -2.36. The van der Waals surface area contributed by atoms with Crippen LogP contribution in [0.25, 0.3) is 5.69 Å². The summed E-state index contributed by atoms with van der Waals surface area (Å²) in [4.78, 5) is 7.21. The van der Waals surface area contributed by atoms with Gasteiger partial charge in [-0.2, -0.15) is 5.10 Å². The lowest BCUT2D eigenvalue weighted by Crippen LogP contribution is -2.49. The fraction of sp³-hybridized carbons (Fsp3) is 0.550. The Kier molecular flexibility index (Phi) is 5.89. The molecule has 2 aliphatic heterocycles. The predicted molar refractivity (Wildman–Crippen MR) is 104 cm³/mol. The largest absolute Gasteiger partial charge is 0.379 e. The van der Waals surface area contributed by atoms with Gasteiger partial charge in [0.05, 0.1) is 18.9 Å². The highest BCUT2D eigenvalue weighted by Gasteiger charge is 2.21. The predicted octanol–water partition coefficient (Wildman–Crippen LogP) is 1.91. The molecule has 2 fully saturated rings. The van der Waals surface area contributed by atoms with E-state index in [9.17, 15) is 8.78 Å². The molecule has 0 unspecified atom stereocenters. The highest BCUT2D eigenvalue weighted by molar-refractivity contribution is 5.44. The summed E-state index contributed by atoms with van der Waals surface area (Å²) in [5.41, 5.74) is 1.43. The molecule has 0 spiro atoms. The number of anilines is 1. The van der Waals surface area contributed by atoms with Crippen molar-refractivity contribution in [3.63, 3.8) is 0 Å². The molecule has 2 saturated heterocycles. The molecule has 3 heterocycles. The van der Waals surface area contributed by atoms with Crippen molar-refractivity contribution in [3.8, 4) is 5.69 Å². The molecule has 152 valence electrons. The first-order valence-electron chi connectivity index (χ1n) is 9.89. The molecule has 1 aromatic carbocycles. The van der Waals surface area contributed by atoms with E-state index in [1.807, 2.05) is 13.0 Å². The first-order chi connectivity index (χ1) is 13.6. The molecule has 4 rings (SSSR count). The van der Waals surface area contributed by atoms with E-state index in [0.717, 1.165) is 83.1 Å². The van der Waals surface area contributed by atoms with Crippen LogP contribution >= 0.6 is 0 Å². The third kappa shape index (κ3) is 4.34. The number of aryl methyl sites for hydroxylation is 1. The maximum Gasteiger partial charge on any atom is 0.160 e. The lowest BCUT2D eigenvalue weighted by molar-refractivity contribution is 0.0331. The van der Waals surface area contributed by atoms with Crippen molar-refractivity contribution in [2.45, 2.75) is 6.92 Å². The molecule has 0 radical (unpaired) electrons. The van der Waals surface area contributed by atoms with E-state index in [1.165, 1.54) is 6.07 Å². The smallest absolute Gasteiger partial charge is 0.160 e. The van der Waals surface area contributed by atoms with Crippen LogP contribution in [-0.2, 0) is 4.74 Å². The van der Waals surface area contributed by atoms with Crippen molar-refractivity contribution in [1.29, 1.82) is 0 Å². The van der Waals surface area contributed by atoms with Crippen LogP contribution in [0.4, 0.5) is 14.6 Å². The Morgan fingerprint density at radius 3 is 2.25 bits per heavy atom. The number of hydrogen-bond donors (Lipinski definition) is 0. The molecule has 0 atom stereocenters. The molecule has 8 heteroatoms. The average molecular weight is 391 g/mol. The molecule has 0 bridgehead atoms. The van der Waals surface area contributed by atoms with Gasteiger partial charge in [0.15, 0.2) is 17.5 Å². The molecule has 2 aromatic rings. The van der Waals surface area contributed by atoms with Gasteiger partial charge in [0.2, 0.25) is 0 Å². The first-order valence-corrected chi connectivity index (χ1v) is 9.89. The summed E-state index contributed by atoms with van der Waals surface area (Å²) in [6.45, 7) is 11.7. The molecule has 0 saturated carbocycles. The Morgan fingerprint density at radius 1 is 0.893 bits per heavy atom. The Morgan fingerprint density at radius 2 is 1.57 bits per heavy atom. The number of nitrogens with zero attached hydrogens (tertiary/aromatic N) is 5. The zero-order chi connectivity index (χ0) is 19.5. The van der Waals surface area contributed by atoms with E-state index in [2.05, 4.69) is 19.8 Å². The molecule has 0 amide bonds. The minimum Gasteiger partial charge on any atom is -0.379 e. The number of piperazine rings is 1. The summed E-state index contributed by atoms with van der Waals surface area (Å²) in [5.74, 6) is -0.820. The van der Waals surface area contributed by atoms with Crippen molar-refractivity contribution in [1.82, 2.24) is 19.6 Å². The van der Waals surface area contributed by atoms with E-state index in [4.69, 9.17) is 4.74 Å². The molecular weight excluding hydrogens is 364 g/mol. The molecule has 0 aliphatic carbocycles. The monoisotopic (exact) mass is 391 g/mol. The van der Waals surface area contributed by atoms with E-state index < -0.39 is 11.6 Å². The van der Waals surface area contributed by atoms with Crippen molar-refractivity contribution >= 4 is 5.82 Å². The van der Waals surface area contributed by atoms with Gasteiger partial charge in [-0.25, -0.2) is 13.5 Å². The summed E-state index contributed by atoms with van der Waals surface area (Å²) in [6.07, 6.45) is 0. The summed E-state index contributed by atoms with van der Waals surface area (Å²) >= 11 is 0. The van der Waals surface area contributed by atoms with E-state index in [0.29, 0.717) is 5.69 Å². The number of morpholine rings is 1. The summed E-state index contributed by atoms with van der Waals surface area (Å²) in [5, 5.41) is 4.63. The normalized spacial score (nSPS) is 19.3. The number of hydrogen-bond acceptors (Lipinski definition) is 5. The Balaban J connectivity index is 1.34. The Bertz CT molecular complexity index is 798.